The number of hydrogen-bond donors (Lipinski definition) is 5. The van der Waals surface area contributed by atoms with Crippen LogP contribution in [-0.4, -0.2) is 57.3 Å². The molecular weight excluding hydrogens is 647 g/mol. The van der Waals surface area contributed by atoms with Crippen LogP contribution in [-0.2, 0) is 4.79 Å². The zero-order valence-corrected chi connectivity index (χ0v) is 34.6. The van der Waals surface area contributed by atoms with E-state index in [0.717, 1.165) is 38.5 Å². The van der Waals surface area contributed by atoms with Crippen molar-refractivity contribution in [3.8, 4) is 0 Å². The van der Waals surface area contributed by atoms with E-state index in [4.69, 9.17) is 0 Å². The third kappa shape index (κ3) is 34.6. The van der Waals surface area contributed by atoms with Crippen molar-refractivity contribution < 1.29 is 25.2 Å². The molecule has 4 atom stereocenters. The average molecular weight is 736 g/mol. The standard InChI is InChI=1S/C46H89NO5/c1-3-5-7-9-11-12-13-14-15-16-17-18-19-20-21-22-23-24-25-26-27-28-29-30-31-32-34-36-38-40-44(50)46(52)47-42(41-48)45(51)43(49)39-37-35-33-10-8-6-4-2/h10,20-21,33,42-45,48-51H,3-9,11-19,22-32,34-41H2,1-2H3,(H,47,52)/b21-20-,33-10+. The van der Waals surface area contributed by atoms with Gasteiger partial charge >= 0.3 is 0 Å². The highest BCUT2D eigenvalue weighted by atomic mass is 16.3. The monoisotopic (exact) mass is 736 g/mol. The summed E-state index contributed by atoms with van der Waals surface area (Å²) in [6, 6.07) is -0.997. The van der Waals surface area contributed by atoms with Crippen LogP contribution in [0.15, 0.2) is 24.3 Å². The van der Waals surface area contributed by atoms with Crippen LogP contribution in [0.2, 0.25) is 0 Å². The molecule has 6 nitrogen and oxygen atoms in total. The third-order valence-corrected chi connectivity index (χ3v) is 10.6. The zero-order chi connectivity index (χ0) is 38.2. The molecule has 0 saturated heterocycles. The van der Waals surface area contributed by atoms with Crippen molar-refractivity contribution in [1.82, 2.24) is 5.32 Å². The van der Waals surface area contributed by atoms with Crippen molar-refractivity contribution in [2.75, 3.05) is 6.61 Å². The van der Waals surface area contributed by atoms with Crippen LogP contribution in [0.1, 0.15) is 232 Å². The van der Waals surface area contributed by atoms with Gasteiger partial charge in [-0.05, 0) is 57.8 Å². The van der Waals surface area contributed by atoms with Crippen molar-refractivity contribution >= 4 is 5.91 Å². The topological polar surface area (TPSA) is 110 Å². The molecule has 0 rings (SSSR count). The Kier molecular flexibility index (Phi) is 40.0. The van der Waals surface area contributed by atoms with Gasteiger partial charge in [0, 0.05) is 0 Å². The summed E-state index contributed by atoms with van der Waals surface area (Å²) in [6.45, 7) is 3.95. The summed E-state index contributed by atoms with van der Waals surface area (Å²) in [7, 11) is 0. The molecule has 0 aromatic heterocycles. The van der Waals surface area contributed by atoms with Crippen molar-refractivity contribution in [2.24, 2.45) is 0 Å². The van der Waals surface area contributed by atoms with Crippen molar-refractivity contribution in [1.29, 1.82) is 0 Å². The maximum Gasteiger partial charge on any atom is 0.249 e. The Bertz CT molecular complexity index is 787. The predicted molar refractivity (Wildman–Crippen MR) is 224 cm³/mol. The number of amides is 1. The first kappa shape index (κ1) is 50.8. The Morgan fingerprint density at radius 1 is 0.462 bits per heavy atom. The van der Waals surface area contributed by atoms with Crippen LogP contribution >= 0.6 is 0 Å². The second kappa shape index (κ2) is 41.0. The molecule has 1 amide bonds. The van der Waals surface area contributed by atoms with Crippen molar-refractivity contribution in [2.45, 2.75) is 257 Å². The van der Waals surface area contributed by atoms with E-state index in [9.17, 15) is 25.2 Å². The molecule has 6 heteroatoms. The van der Waals surface area contributed by atoms with Gasteiger partial charge in [0.2, 0.25) is 5.91 Å². The molecular formula is C46H89NO5. The number of rotatable bonds is 41. The highest BCUT2D eigenvalue weighted by Crippen LogP contribution is 2.16. The minimum Gasteiger partial charge on any atom is -0.394 e. The second-order valence-corrected chi connectivity index (χ2v) is 15.7. The van der Waals surface area contributed by atoms with Gasteiger partial charge in [0.1, 0.15) is 12.2 Å². The molecule has 52 heavy (non-hydrogen) atoms. The van der Waals surface area contributed by atoms with Gasteiger partial charge in [0.05, 0.1) is 18.8 Å². The van der Waals surface area contributed by atoms with Crippen LogP contribution in [0.5, 0.6) is 0 Å². The summed E-state index contributed by atoms with van der Waals surface area (Å²) in [6.07, 6.45) is 46.9. The molecule has 0 aliphatic carbocycles. The van der Waals surface area contributed by atoms with E-state index in [-0.39, 0.29) is 0 Å². The van der Waals surface area contributed by atoms with Gasteiger partial charge in [-0.25, -0.2) is 0 Å². The second-order valence-electron chi connectivity index (χ2n) is 15.7. The Balaban J connectivity index is 3.55. The van der Waals surface area contributed by atoms with Gasteiger partial charge in [0.15, 0.2) is 0 Å². The fourth-order valence-electron chi connectivity index (χ4n) is 6.97. The normalized spacial score (nSPS) is 14.3. The molecule has 4 unspecified atom stereocenters. The van der Waals surface area contributed by atoms with Gasteiger partial charge in [-0.15, -0.1) is 0 Å². The zero-order valence-electron chi connectivity index (χ0n) is 34.6. The van der Waals surface area contributed by atoms with E-state index in [1.54, 1.807) is 0 Å². The lowest BCUT2D eigenvalue weighted by Gasteiger charge is -2.27. The smallest absolute Gasteiger partial charge is 0.249 e. The first-order valence-electron chi connectivity index (χ1n) is 22.7. The highest BCUT2D eigenvalue weighted by molar-refractivity contribution is 5.80. The van der Waals surface area contributed by atoms with Gasteiger partial charge in [-0.2, -0.15) is 0 Å². The lowest BCUT2D eigenvalue weighted by Crippen LogP contribution is -2.53. The maximum atomic E-state index is 12.4. The number of aliphatic hydroxyl groups is 4. The van der Waals surface area contributed by atoms with Crippen LogP contribution in [0.25, 0.3) is 0 Å². The Hall–Kier alpha value is -1.21. The number of allylic oxidation sites excluding steroid dienone is 4. The van der Waals surface area contributed by atoms with Crippen molar-refractivity contribution in [3.63, 3.8) is 0 Å². The van der Waals surface area contributed by atoms with Gasteiger partial charge in [-0.1, -0.05) is 199 Å². The van der Waals surface area contributed by atoms with E-state index in [2.05, 4.69) is 43.5 Å². The molecule has 0 aliphatic rings. The average Bonchev–Trinajstić information content (AvgIpc) is 3.15. The number of carbonyl (C=O) groups is 1. The Labute approximate surface area is 323 Å². The fourth-order valence-corrected chi connectivity index (χ4v) is 6.97. The lowest BCUT2D eigenvalue weighted by molar-refractivity contribution is -0.132. The maximum absolute atomic E-state index is 12.4. The molecule has 0 aromatic rings. The number of nitrogens with one attached hydrogen (secondary N) is 1. The number of unbranched alkanes of at least 4 members (excludes halogenated alkanes) is 28. The molecule has 0 spiro atoms. The van der Waals surface area contributed by atoms with E-state index in [1.165, 1.54) is 161 Å². The molecule has 0 aromatic carbocycles. The van der Waals surface area contributed by atoms with E-state index >= 15 is 0 Å². The molecule has 0 fully saturated rings. The quantitative estimate of drug-likeness (QED) is 0.0317. The summed E-state index contributed by atoms with van der Waals surface area (Å²) < 4.78 is 0. The number of carbonyl (C=O) groups excluding carboxylic acids is 1. The number of hydrogen-bond acceptors (Lipinski definition) is 5. The summed E-state index contributed by atoms with van der Waals surface area (Å²) in [5, 5.41) is 43.3. The minimum atomic E-state index is -1.28. The van der Waals surface area contributed by atoms with Crippen LogP contribution in [0.3, 0.4) is 0 Å². The summed E-state index contributed by atoms with van der Waals surface area (Å²) in [5.41, 5.74) is 0. The van der Waals surface area contributed by atoms with E-state index in [1.807, 2.05) is 0 Å². The molecule has 0 saturated carbocycles. The molecule has 0 bridgehead atoms. The third-order valence-electron chi connectivity index (χ3n) is 10.6. The first-order valence-corrected chi connectivity index (χ1v) is 22.7. The lowest BCUT2D eigenvalue weighted by atomic mass is 10.00. The van der Waals surface area contributed by atoms with Gasteiger partial charge in [0.25, 0.3) is 0 Å². The van der Waals surface area contributed by atoms with Crippen LogP contribution in [0, 0.1) is 0 Å². The Morgan fingerprint density at radius 2 is 0.808 bits per heavy atom. The minimum absolute atomic E-state index is 0.364. The Morgan fingerprint density at radius 3 is 1.21 bits per heavy atom. The molecule has 5 N–H and O–H groups in total. The summed E-state index contributed by atoms with van der Waals surface area (Å²) >= 11 is 0. The van der Waals surface area contributed by atoms with Gasteiger partial charge in [-0.3, -0.25) is 4.79 Å². The fraction of sp³-hybridized carbons (Fsp3) is 0.891. The predicted octanol–water partition coefficient (Wildman–Crippen LogP) is 12.0. The molecule has 0 heterocycles. The molecule has 0 radical (unpaired) electrons. The first-order chi connectivity index (χ1) is 25.5. The summed E-state index contributed by atoms with van der Waals surface area (Å²) in [5.74, 6) is -0.596. The highest BCUT2D eigenvalue weighted by Gasteiger charge is 2.28. The van der Waals surface area contributed by atoms with E-state index in [0.29, 0.717) is 19.3 Å². The van der Waals surface area contributed by atoms with Crippen LogP contribution < -0.4 is 5.32 Å². The van der Waals surface area contributed by atoms with Crippen LogP contribution in [0.4, 0.5) is 0 Å². The molecule has 0 aliphatic heterocycles. The summed E-state index contributed by atoms with van der Waals surface area (Å²) in [4.78, 5) is 12.4. The van der Waals surface area contributed by atoms with E-state index < -0.39 is 36.9 Å². The SMILES string of the molecule is CCCC/C=C/CCCC(O)C(O)C(CO)NC(=O)C(O)CCCCCCCCCCCCCCC/C=C\CCCCCCCCCCCCCC. The number of aliphatic hydroxyl groups excluding tert-OH is 4. The largest absolute Gasteiger partial charge is 0.394 e. The molecule has 308 valence electrons. The van der Waals surface area contributed by atoms with Crippen molar-refractivity contribution in [3.05, 3.63) is 24.3 Å². The van der Waals surface area contributed by atoms with Gasteiger partial charge < -0.3 is 25.7 Å².